The number of anilines is 2. The van der Waals surface area contributed by atoms with E-state index < -0.39 is 31.4 Å². The van der Waals surface area contributed by atoms with Gasteiger partial charge in [-0.1, -0.05) is 49.2 Å². The van der Waals surface area contributed by atoms with E-state index >= 15 is 0 Å². The summed E-state index contributed by atoms with van der Waals surface area (Å²) >= 11 is 6.25. The number of halogens is 1. The fourth-order valence-corrected chi connectivity index (χ4v) is 10.1. The lowest BCUT2D eigenvalue weighted by atomic mass is 9.72. The molecule has 0 saturated carbocycles. The summed E-state index contributed by atoms with van der Waals surface area (Å²) in [5, 5.41) is 16.2. The summed E-state index contributed by atoms with van der Waals surface area (Å²) < 4.78 is 46.8. The van der Waals surface area contributed by atoms with Crippen molar-refractivity contribution >= 4 is 61.2 Å². The first-order valence-corrected chi connectivity index (χ1v) is 24.2. The Bertz CT molecular complexity index is 2680. The number of nitro benzene ring substituents is 1. The van der Waals surface area contributed by atoms with Crippen LogP contribution in [0.15, 0.2) is 95.7 Å². The highest BCUT2D eigenvalue weighted by atomic mass is 35.5. The first-order valence-electron chi connectivity index (χ1n) is 22.3. The van der Waals surface area contributed by atoms with Crippen LogP contribution in [-0.2, 0) is 19.5 Å². The average Bonchev–Trinajstić information content (AvgIpc) is 3.97. The van der Waals surface area contributed by atoms with Crippen molar-refractivity contribution in [1.82, 2.24) is 24.5 Å². The molecule has 16 nitrogen and oxygen atoms in total. The third-order valence-electron chi connectivity index (χ3n) is 12.7. The summed E-state index contributed by atoms with van der Waals surface area (Å²) in [4.78, 5) is 39.6. The van der Waals surface area contributed by atoms with Crippen molar-refractivity contribution < 1.29 is 32.3 Å². The van der Waals surface area contributed by atoms with Crippen LogP contribution in [0.1, 0.15) is 55.5 Å². The summed E-state index contributed by atoms with van der Waals surface area (Å²) in [7, 11) is -2.97. The number of nitrogens with zero attached hydrogens (tertiary/aromatic N) is 5. The molecule has 2 aliphatic heterocycles. The molecular formula is C48H57ClN8O8S. The van der Waals surface area contributed by atoms with E-state index in [1.807, 2.05) is 18.2 Å². The average molecular weight is 942 g/mol. The van der Waals surface area contributed by atoms with Gasteiger partial charge in [0.05, 0.1) is 47.0 Å². The number of hydrogen-bond acceptors (Lipinski definition) is 13. The summed E-state index contributed by atoms with van der Waals surface area (Å²) in [5.74, 6) is -0.468. The Morgan fingerprint density at radius 3 is 2.55 bits per heavy atom. The molecule has 18 heteroatoms. The number of nitro groups is 1. The summed E-state index contributed by atoms with van der Waals surface area (Å²) in [6.45, 7) is 12.3. The number of H-pyrrole nitrogens is 1. The Kier molecular flexibility index (Phi) is 14.6. The molecule has 66 heavy (non-hydrogen) atoms. The Hall–Kier alpha value is -5.56. The lowest BCUT2D eigenvalue weighted by Gasteiger charge is -2.39. The number of likely N-dealkylation sites (tertiary alicyclic amines) is 1. The smallest absolute Gasteiger partial charge is 0.293 e. The van der Waals surface area contributed by atoms with Gasteiger partial charge in [-0.05, 0) is 90.8 Å². The third kappa shape index (κ3) is 11.3. The summed E-state index contributed by atoms with van der Waals surface area (Å²) in [6.07, 6.45) is 5.47. The molecule has 3 N–H and O–H groups in total. The zero-order chi connectivity index (χ0) is 46.4. The number of hydrogen-bond donors (Lipinski definition) is 3. The molecule has 1 aliphatic carbocycles. The number of aromatic amines is 1. The SMILES string of the molecule is COCCOCCN1CCC(Nc2ccc(S(=O)(=O)NC(=O)c3ccc(N4CCN(CC5=C(c6ccc(Cl)cc6)CC(C)(C)CC5)CC4)cc3Oc3cccc4[nH]cnc34)cc2[N+](=O)[O-])C1. The molecule has 3 aliphatic rings. The number of imidazole rings is 1. The Morgan fingerprint density at radius 2 is 1.77 bits per heavy atom. The molecule has 1 aromatic heterocycles. The van der Waals surface area contributed by atoms with Crippen LogP contribution in [-0.4, -0.2) is 124 Å². The van der Waals surface area contributed by atoms with Gasteiger partial charge >= 0.3 is 0 Å². The van der Waals surface area contributed by atoms with Crippen molar-refractivity contribution in [2.24, 2.45) is 5.41 Å². The molecule has 2 fully saturated rings. The van der Waals surface area contributed by atoms with Crippen molar-refractivity contribution in [3.63, 3.8) is 0 Å². The Labute approximate surface area is 390 Å². The molecule has 1 amide bonds. The second kappa shape index (κ2) is 20.5. The van der Waals surface area contributed by atoms with E-state index in [9.17, 15) is 23.3 Å². The Morgan fingerprint density at radius 1 is 0.970 bits per heavy atom. The van der Waals surface area contributed by atoms with Crippen LogP contribution in [0.5, 0.6) is 11.5 Å². The molecule has 350 valence electrons. The summed E-state index contributed by atoms with van der Waals surface area (Å²) in [6, 6.07) is 22.1. The van der Waals surface area contributed by atoms with Crippen molar-refractivity contribution in [2.45, 2.75) is 50.5 Å². The minimum absolute atomic E-state index is 0.0435. The van der Waals surface area contributed by atoms with E-state index in [0.29, 0.717) is 44.2 Å². The van der Waals surface area contributed by atoms with E-state index in [2.05, 4.69) is 60.7 Å². The molecular weight excluding hydrogens is 884 g/mol. The zero-order valence-corrected chi connectivity index (χ0v) is 39.1. The lowest BCUT2D eigenvalue weighted by Crippen LogP contribution is -2.47. The highest BCUT2D eigenvalue weighted by molar-refractivity contribution is 7.90. The van der Waals surface area contributed by atoms with Crippen LogP contribution in [0.2, 0.25) is 5.02 Å². The zero-order valence-electron chi connectivity index (χ0n) is 37.6. The van der Waals surface area contributed by atoms with Crippen molar-refractivity contribution in [3.8, 4) is 11.5 Å². The molecule has 0 bridgehead atoms. The van der Waals surface area contributed by atoms with Gasteiger partial charge < -0.3 is 29.4 Å². The standard InChI is InChI=1S/C48H57ClN8O8S/c1-48(2)17-15-34(40(29-48)33-7-9-35(49)10-8-33)30-55-19-21-56(22-20-55)37-11-13-39(45(27-37)65-44-6-4-5-42-46(44)51-32-50-42)47(58)53-66(61,62)38-12-14-41(43(28-38)57(59)60)52-36-16-18-54(31-36)23-24-64-26-25-63-3/h4-14,27-28,32,36,52H,15-26,29-31H2,1-3H3,(H,50,51)(H,53,58). The number of carbonyl (C=O) groups is 1. The first kappa shape index (κ1) is 47.0. The molecule has 0 radical (unpaired) electrons. The maximum atomic E-state index is 14.0. The molecule has 1 atom stereocenters. The maximum Gasteiger partial charge on any atom is 0.293 e. The van der Waals surface area contributed by atoms with Gasteiger partial charge in [0, 0.05) is 88.4 Å². The number of sulfonamides is 1. The number of nitrogens with one attached hydrogen (secondary N) is 3. The molecule has 2 saturated heterocycles. The molecule has 8 rings (SSSR count). The monoisotopic (exact) mass is 940 g/mol. The minimum atomic E-state index is -4.59. The summed E-state index contributed by atoms with van der Waals surface area (Å²) in [5.41, 5.74) is 6.10. The second-order valence-electron chi connectivity index (χ2n) is 17.9. The molecule has 4 aromatic carbocycles. The topological polar surface area (TPSA) is 184 Å². The molecule has 1 unspecified atom stereocenters. The second-order valence-corrected chi connectivity index (χ2v) is 20.1. The largest absolute Gasteiger partial charge is 0.454 e. The van der Waals surface area contributed by atoms with Crippen LogP contribution in [0, 0.1) is 15.5 Å². The van der Waals surface area contributed by atoms with Crippen LogP contribution >= 0.6 is 11.6 Å². The normalized spacial score (nSPS) is 18.2. The van der Waals surface area contributed by atoms with Gasteiger partial charge in [0.2, 0.25) is 0 Å². The number of carbonyl (C=O) groups excluding carboxylic acids is 1. The minimum Gasteiger partial charge on any atom is -0.454 e. The quantitative estimate of drug-likeness (QED) is 0.0437. The van der Waals surface area contributed by atoms with Gasteiger partial charge in [-0.25, -0.2) is 18.1 Å². The number of para-hydroxylation sites is 1. The lowest BCUT2D eigenvalue weighted by molar-refractivity contribution is -0.384. The van der Waals surface area contributed by atoms with Gasteiger partial charge in [-0.2, -0.15) is 0 Å². The number of allylic oxidation sites excluding steroid dienone is 1. The van der Waals surface area contributed by atoms with E-state index in [-0.39, 0.29) is 28.5 Å². The van der Waals surface area contributed by atoms with Crippen LogP contribution < -0.4 is 19.7 Å². The number of ether oxygens (including phenoxy) is 3. The molecule has 0 spiro atoms. The van der Waals surface area contributed by atoms with Crippen LogP contribution in [0.4, 0.5) is 17.1 Å². The predicted molar refractivity (Wildman–Crippen MR) is 256 cm³/mol. The van der Waals surface area contributed by atoms with Crippen LogP contribution in [0.25, 0.3) is 16.6 Å². The predicted octanol–water partition coefficient (Wildman–Crippen LogP) is 7.97. The van der Waals surface area contributed by atoms with Gasteiger partial charge in [0.25, 0.3) is 21.6 Å². The Balaban J connectivity index is 0.976. The fraction of sp³-hybridized carbons (Fsp3) is 0.417. The van der Waals surface area contributed by atoms with E-state index in [0.717, 1.165) is 87.2 Å². The van der Waals surface area contributed by atoms with E-state index in [1.54, 1.807) is 43.8 Å². The number of benzene rings is 4. The van der Waals surface area contributed by atoms with Gasteiger partial charge in [-0.3, -0.25) is 24.7 Å². The van der Waals surface area contributed by atoms with E-state index in [4.69, 9.17) is 25.8 Å². The van der Waals surface area contributed by atoms with Crippen molar-refractivity contribution in [2.75, 3.05) is 89.5 Å². The maximum absolute atomic E-state index is 14.0. The van der Waals surface area contributed by atoms with E-state index in [1.165, 1.54) is 28.8 Å². The first-order chi connectivity index (χ1) is 31.7. The van der Waals surface area contributed by atoms with Gasteiger partial charge in [0.1, 0.15) is 17.0 Å². The van der Waals surface area contributed by atoms with Crippen molar-refractivity contribution in [3.05, 3.63) is 117 Å². The highest BCUT2D eigenvalue weighted by Gasteiger charge is 2.31. The number of fused-ring (bicyclic) bond motifs is 1. The number of aromatic nitrogens is 2. The van der Waals surface area contributed by atoms with Crippen LogP contribution in [0.3, 0.4) is 0 Å². The number of piperazine rings is 1. The van der Waals surface area contributed by atoms with Gasteiger partial charge in [0.15, 0.2) is 5.75 Å². The fourth-order valence-electron chi connectivity index (χ4n) is 9.02. The number of rotatable bonds is 18. The van der Waals surface area contributed by atoms with Gasteiger partial charge in [-0.15, -0.1) is 0 Å². The highest BCUT2D eigenvalue weighted by Crippen LogP contribution is 2.43. The van der Waals surface area contributed by atoms with Crippen molar-refractivity contribution in [1.29, 1.82) is 0 Å². The third-order valence-corrected chi connectivity index (χ3v) is 14.3. The number of methoxy groups -OCH3 is 1. The molecule has 3 heterocycles. The molecule has 5 aromatic rings. The number of amides is 1.